The third-order valence-electron chi connectivity index (χ3n) is 9.67. The number of aromatic nitrogens is 3. The Kier molecular flexibility index (Phi) is 10.4. The molecule has 4 aromatic rings. The van der Waals surface area contributed by atoms with E-state index < -0.39 is 53.6 Å². The van der Waals surface area contributed by atoms with Crippen LogP contribution >= 0.6 is 22.9 Å². The molecule has 2 bridgehead atoms. The average molecular weight is 822 g/mol. The number of hydrogen-bond donors (Lipinski definition) is 1. The Morgan fingerprint density at radius 2 is 1.70 bits per heavy atom. The lowest BCUT2D eigenvalue weighted by atomic mass is 10.0. The van der Waals surface area contributed by atoms with E-state index in [9.17, 15) is 18.4 Å². The van der Waals surface area contributed by atoms with Crippen LogP contribution in [0.5, 0.6) is 6.01 Å². The van der Waals surface area contributed by atoms with Gasteiger partial charge >= 0.3 is 18.2 Å². The number of nitrogens with one attached hydrogen (secondary N) is 1. The summed E-state index contributed by atoms with van der Waals surface area (Å²) in [5.74, 6) is -3.96. The van der Waals surface area contributed by atoms with Crippen molar-refractivity contribution in [3.63, 3.8) is 0 Å². The zero-order chi connectivity index (χ0) is 40.5. The summed E-state index contributed by atoms with van der Waals surface area (Å²) in [6, 6.07) is 3.44. The summed E-state index contributed by atoms with van der Waals surface area (Å²) in [5.41, 5.74) is -1.54. The van der Waals surface area contributed by atoms with Crippen molar-refractivity contribution in [2.24, 2.45) is 0 Å². The fourth-order valence-electron chi connectivity index (χ4n) is 7.55. The molecule has 0 radical (unpaired) electrons. The van der Waals surface area contributed by atoms with Crippen LogP contribution in [0.25, 0.3) is 32.2 Å². The molecule has 3 aliphatic rings. The number of fused-ring (bicyclic) bond motifs is 4. The van der Waals surface area contributed by atoms with Crippen LogP contribution in [0.2, 0.25) is 5.02 Å². The SMILES string of the molecule is C[C@@H](CN1CCC(F)(F)C1)Oc1nc(N2CC3CCC(C2)N3C(=O)OC(C)(C)C)c2cc(Cl)c(-c3ccc(F)c4sc(NC(=O)OC(C)(C)C)nc34)c(F)c2n1. The van der Waals surface area contributed by atoms with E-state index in [1.165, 1.54) is 12.1 Å². The molecule has 2 amide bonds. The third-order valence-corrected chi connectivity index (χ3v) is 10.9. The maximum absolute atomic E-state index is 17.2. The van der Waals surface area contributed by atoms with E-state index in [0.717, 1.165) is 30.2 Å². The molecule has 12 nitrogen and oxygen atoms in total. The van der Waals surface area contributed by atoms with E-state index >= 15 is 8.78 Å². The van der Waals surface area contributed by atoms with Crippen molar-refractivity contribution in [1.82, 2.24) is 24.8 Å². The summed E-state index contributed by atoms with van der Waals surface area (Å²) in [5, 5.41) is 2.78. The van der Waals surface area contributed by atoms with E-state index in [0.29, 0.717) is 18.9 Å². The molecule has 3 atom stereocenters. The normalized spacial score (nSPS) is 20.5. The van der Waals surface area contributed by atoms with Gasteiger partial charge in [-0.05, 0) is 79.5 Å². The van der Waals surface area contributed by atoms with Crippen molar-refractivity contribution in [1.29, 1.82) is 0 Å². The van der Waals surface area contributed by atoms with Crippen molar-refractivity contribution in [2.75, 3.05) is 42.9 Å². The van der Waals surface area contributed by atoms with E-state index in [4.69, 9.17) is 30.8 Å². The van der Waals surface area contributed by atoms with Crippen LogP contribution in [0.3, 0.4) is 0 Å². The molecular weight excluding hydrogens is 778 g/mol. The van der Waals surface area contributed by atoms with Crippen LogP contribution in [-0.4, -0.2) is 105 Å². The first-order chi connectivity index (χ1) is 26.1. The van der Waals surface area contributed by atoms with Crippen molar-refractivity contribution in [2.45, 2.75) is 103 Å². The van der Waals surface area contributed by atoms with Crippen LogP contribution < -0.4 is 15.0 Å². The van der Waals surface area contributed by atoms with Crippen LogP contribution in [0.1, 0.15) is 67.7 Å². The summed E-state index contributed by atoms with van der Waals surface area (Å²) in [6.07, 6.45) is -0.648. The predicted molar refractivity (Wildman–Crippen MR) is 206 cm³/mol. The van der Waals surface area contributed by atoms with E-state index in [1.54, 1.807) is 37.5 Å². The molecule has 56 heavy (non-hydrogen) atoms. The molecule has 3 fully saturated rings. The van der Waals surface area contributed by atoms with Gasteiger partial charge in [-0.2, -0.15) is 9.97 Å². The lowest BCUT2D eigenvalue weighted by Crippen LogP contribution is -2.57. The molecule has 0 spiro atoms. The van der Waals surface area contributed by atoms with Crippen molar-refractivity contribution < 1.29 is 41.4 Å². The largest absolute Gasteiger partial charge is 0.459 e. The highest BCUT2D eigenvalue weighted by molar-refractivity contribution is 7.22. The Morgan fingerprint density at radius 1 is 1.02 bits per heavy atom. The van der Waals surface area contributed by atoms with Crippen LogP contribution in [0.15, 0.2) is 18.2 Å². The van der Waals surface area contributed by atoms with Gasteiger partial charge in [-0.25, -0.2) is 32.1 Å². The topological polar surface area (TPSA) is 122 Å². The molecule has 0 aliphatic carbocycles. The fourth-order valence-corrected chi connectivity index (χ4v) is 8.73. The fraction of sp³-hybridized carbons (Fsp3) is 0.553. The maximum Gasteiger partial charge on any atom is 0.413 e. The standard InChI is InChI=1S/C38H44ClF4N7O5S/c1-19(15-48-13-12-38(42,43)18-48)53-32-44-28-23(31(46-32)49-16-20-8-9-21(17-49)50(20)35(52)55-37(5,6)7)14-24(39)26(27(28)41)22-10-11-25(40)30-29(22)45-33(56-30)47-34(51)54-36(2,3)4/h10-11,14,19-21H,8-9,12-13,15-18H2,1-7H3,(H,45,47,51)/t19-,20?,21?/m0/s1. The van der Waals surface area contributed by atoms with Crippen molar-refractivity contribution in [3.8, 4) is 17.1 Å². The van der Waals surface area contributed by atoms with Gasteiger partial charge < -0.3 is 19.1 Å². The average Bonchev–Trinajstić information content (AvgIpc) is 3.72. The smallest absolute Gasteiger partial charge is 0.413 e. The first-order valence-electron chi connectivity index (χ1n) is 18.5. The lowest BCUT2D eigenvalue weighted by Gasteiger charge is -2.42. The third kappa shape index (κ3) is 8.40. The van der Waals surface area contributed by atoms with Gasteiger partial charge in [-0.3, -0.25) is 15.1 Å². The number of likely N-dealkylation sites (tertiary alicyclic amines) is 1. The highest BCUT2D eigenvalue weighted by atomic mass is 35.5. The van der Waals surface area contributed by atoms with E-state index in [2.05, 4.69) is 15.3 Å². The highest BCUT2D eigenvalue weighted by Gasteiger charge is 2.45. The van der Waals surface area contributed by atoms with Gasteiger partial charge in [0.1, 0.15) is 34.5 Å². The van der Waals surface area contributed by atoms with Gasteiger partial charge in [0.25, 0.3) is 5.92 Å². The summed E-state index contributed by atoms with van der Waals surface area (Å²) < 4.78 is 77.5. The summed E-state index contributed by atoms with van der Waals surface area (Å²) in [6.45, 7) is 12.9. The Bertz CT molecular complexity index is 2180. The Balaban J connectivity index is 1.29. The number of alkyl halides is 2. The number of benzene rings is 2. The van der Waals surface area contributed by atoms with Crippen LogP contribution in [-0.2, 0) is 9.47 Å². The number of halogens is 5. The molecule has 18 heteroatoms. The minimum absolute atomic E-state index is 0.0307. The van der Waals surface area contributed by atoms with Gasteiger partial charge in [0.2, 0.25) is 0 Å². The number of hydrogen-bond acceptors (Lipinski definition) is 11. The molecule has 1 N–H and O–H groups in total. The second kappa shape index (κ2) is 14.6. The second-order valence-corrected chi connectivity index (χ2v) is 18.0. The number of amides is 2. The van der Waals surface area contributed by atoms with Crippen molar-refractivity contribution >= 4 is 67.2 Å². The molecule has 3 saturated heterocycles. The molecule has 2 aromatic heterocycles. The monoisotopic (exact) mass is 821 g/mol. The maximum atomic E-state index is 17.2. The lowest BCUT2D eigenvalue weighted by molar-refractivity contribution is 0.00859. The zero-order valence-corrected chi connectivity index (χ0v) is 33.7. The molecule has 0 saturated carbocycles. The number of nitrogens with zero attached hydrogens (tertiary/aromatic N) is 6. The van der Waals surface area contributed by atoms with Crippen molar-refractivity contribution in [3.05, 3.63) is 34.9 Å². The van der Waals surface area contributed by atoms with Gasteiger partial charge in [-0.15, -0.1) is 0 Å². The summed E-state index contributed by atoms with van der Waals surface area (Å²) in [7, 11) is 0. The predicted octanol–water partition coefficient (Wildman–Crippen LogP) is 8.88. The van der Waals surface area contributed by atoms with Gasteiger partial charge in [0.15, 0.2) is 10.9 Å². The molecule has 3 aliphatic heterocycles. The van der Waals surface area contributed by atoms with E-state index in [-0.39, 0.29) is 80.0 Å². The van der Waals surface area contributed by atoms with Crippen LogP contribution in [0.4, 0.5) is 38.1 Å². The Hall–Kier alpha value is -4.22. The number of carbonyl (C=O) groups is 2. The number of ether oxygens (including phenoxy) is 3. The van der Waals surface area contributed by atoms with Gasteiger partial charge in [0, 0.05) is 49.1 Å². The number of anilines is 2. The van der Waals surface area contributed by atoms with E-state index in [1.807, 2.05) is 25.7 Å². The first-order valence-corrected chi connectivity index (χ1v) is 19.7. The first kappa shape index (κ1) is 40.0. The Morgan fingerprint density at radius 3 is 2.32 bits per heavy atom. The summed E-state index contributed by atoms with van der Waals surface area (Å²) >= 11 is 7.76. The van der Waals surface area contributed by atoms with Crippen LogP contribution in [0, 0.1) is 11.6 Å². The van der Waals surface area contributed by atoms with Gasteiger partial charge in [-0.1, -0.05) is 22.9 Å². The number of thiazole rings is 1. The molecule has 2 aromatic carbocycles. The zero-order valence-electron chi connectivity index (χ0n) is 32.1. The number of piperazine rings is 1. The molecular formula is C38H44ClF4N7O5S. The highest BCUT2D eigenvalue weighted by Crippen LogP contribution is 2.44. The number of carbonyl (C=O) groups excluding carboxylic acids is 2. The molecule has 302 valence electrons. The molecule has 7 rings (SSSR count). The number of rotatable bonds is 7. The quantitative estimate of drug-likeness (QED) is 0.181. The van der Waals surface area contributed by atoms with Gasteiger partial charge in [0.05, 0.1) is 33.9 Å². The second-order valence-electron chi connectivity index (χ2n) is 16.6. The summed E-state index contributed by atoms with van der Waals surface area (Å²) in [4.78, 5) is 44.7. The minimum Gasteiger partial charge on any atom is -0.459 e. The molecule has 2 unspecified atom stereocenters. The molecule has 5 heterocycles. The minimum atomic E-state index is -2.79. The Labute approximate surface area is 330 Å².